The molecule has 3 N–H and O–H groups in total. The van der Waals surface area contributed by atoms with Gasteiger partial charge in [-0.15, -0.1) is 35.3 Å². The molecule has 0 fully saturated rings. The van der Waals surface area contributed by atoms with Gasteiger partial charge in [0.1, 0.15) is 0 Å². The van der Waals surface area contributed by atoms with Crippen LogP contribution in [0.15, 0.2) is 10.4 Å². The summed E-state index contributed by atoms with van der Waals surface area (Å²) in [6.07, 6.45) is 0.832. The highest BCUT2D eigenvalue weighted by Gasteiger charge is 2.17. The summed E-state index contributed by atoms with van der Waals surface area (Å²) in [5, 5.41) is 6.43. The summed E-state index contributed by atoms with van der Waals surface area (Å²) >= 11 is 1.72. The van der Waals surface area contributed by atoms with E-state index in [0.29, 0.717) is 12.5 Å². The Kier molecular flexibility index (Phi) is 7.44. The molecule has 0 amide bonds. The fourth-order valence-corrected chi connectivity index (χ4v) is 2.42. The Morgan fingerprint density at radius 2 is 1.90 bits per heavy atom. The molecule has 0 saturated carbocycles. The molecule has 0 saturated heterocycles. The van der Waals surface area contributed by atoms with Crippen molar-refractivity contribution in [1.29, 1.82) is 0 Å². The maximum absolute atomic E-state index is 5.82. The minimum Gasteiger partial charge on any atom is -0.370 e. The molecular formula is C14H27IN4S. The van der Waals surface area contributed by atoms with Crippen LogP contribution in [0, 0.1) is 0 Å². The summed E-state index contributed by atoms with van der Waals surface area (Å²) in [7, 11) is 0. The standard InChI is InChI=1S/C14H26N4S.HI/c1-13(2,3)11-17-10(9-19-11)7-8-16-12(15)18-14(4,5)6;/h9H,7-8H2,1-6H3,(H3,15,16,18);1H. The molecule has 0 bridgehead atoms. The summed E-state index contributed by atoms with van der Waals surface area (Å²) in [5.41, 5.74) is 6.99. The number of hydrogen-bond acceptors (Lipinski definition) is 3. The average Bonchev–Trinajstić information content (AvgIpc) is 2.62. The molecule has 0 aromatic carbocycles. The predicted octanol–water partition coefficient (Wildman–Crippen LogP) is 3.30. The number of nitrogens with zero attached hydrogens (tertiary/aromatic N) is 2. The molecule has 0 unspecified atom stereocenters. The zero-order chi connectivity index (χ0) is 14.7. The van der Waals surface area contributed by atoms with E-state index in [2.05, 4.69) is 62.2 Å². The molecule has 0 aliphatic carbocycles. The van der Waals surface area contributed by atoms with E-state index in [0.717, 1.165) is 12.1 Å². The van der Waals surface area contributed by atoms with E-state index in [1.807, 2.05) is 0 Å². The monoisotopic (exact) mass is 410 g/mol. The molecule has 6 heteroatoms. The van der Waals surface area contributed by atoms with Crippen LogP contribution in [-0.2, 0) is 11.8 Å². The Hall–Kier alpha value is -0.370. The fraction of sp³-hybridized carbons (Fsp3) is 0.714. The first-order chi connectivity index (χ1) is 8.58. The zero-order valence-electron chi connectivity index (χ0n) is 13.3. The third kappa shape index (κ3) is 7.42. The van der Waals surface area contributed by atoms with E-state index in [4.69, 9.17) is 5.73 Å². The SMILES string of the molecule is CC(C)(C)NC(N)=NCCc1csc(C(C)(C)C)n1.I. The molecule has 1 rings (SSSR count). The summed E-state index contributed by atoms with van der Waals surface area (Å²) in [6.45, 7) is 13.4. The number of halogens is 1. The predicted molar refractivity (Wildman–Crippen MR) is 99.3 cm³/mol. The minimum absolute atomic E-state index is 0. The maximum atomic E-state index is 5.82. The Labute approximate surface area is 143 Å². The van der Waals surface area contributed by atoms with Crippen LogP contribution in [-0.4, -0.2) is 23.0 Å². The van der Waals surface area contributed by atoms with Crippen molar-refractivity contribution >= 4 is 41.3 Å². The largest absolute Gasteiger partial charge is 0.370 e. The molecule has 0 radical (unpaired) electrons. The summed E-state index contributed by atoms with van der Waals surface area (Å²) < 4.78 is 0. The van der Waals surface area contributed by atoms with Crippen molar-refractivity contribution in [3.8, 4) is 0 Å². The Morgan fingerprint density at radius 3 is 2.35 bits per heavy atom. The van der Waals surface area contributed by atoms with E-state index in [1.54, 1.807) is 11.3 Å². The number of nitrogens with one attached hydrogen (secondary N) is 1. The van der Waals surface area contributed by atoms with E-state index in [-0.39, 0.29) is 34.9 Å². The van der Waals surface area contributed by atoms with E-state index < -0.39 is 0 Å². The van der Waals surface area contributed by atoms with E-state index >= 15 is 0 Å². The quantitative estimate of drug-likeness (QED) is 0.457. The number of aliphatic imine (C=N–C) groups is 1. The summed E-state index contributed by atoms with van der Waals surface area (Å²) in [6, 6.07) is 0. The lowest BCUT2D eigenvalue weighted by molar-refractivity contribution is 0.508. The molecular weight excluding hydrogens is 383 g/mol. The topological polar surface area (TPSA) is 63.3 Å². The highest BCUT2D eigenvalue weighted by atomic mass is 127. The third-order valence-corrected chi connectivity index (χ3v) is 3.66. The van der Waals surface area contributed by atoms with Gasteiger partial charge in [0, 0.05) is 29.3 Å². The molecule has 0 atom stereocenters. The first-order valence-corrected chi connectivity index (χ1v) is 7.49. The van der Waals surface area contributed by atoms with Crippen molar-refractivity contribution in [2.24, 2.45) is 10.7 Å². The van der Waals surface area contributed by atoms with Gasteiger partial charge in [0.25, 0.3) is 0 Å². The van der Waals surface area contributed by atoms with Crippen LogP contribution in [0.3, 0.4) is 0 Å². The second kappa shape index (κ2) is 7.59. The number of hydrogen-bond donors (Lipinski definition) is 2. The van der Waals surface area contributed by atoms with Gasteiger partial charge in [0.15, 0.2) is 5.96 Å². The van der Waals surface area contributed by atoms with Gasteiger partial charge in [-0.3, -0.25) is 4.99 Å². The lowest BCUT2D eigenvalue weighted by Crippen LogP contribution is -2.45. The van der Waals surface area contributed by atoms with Crippen molar-refractivity contribution in [1.82, 2.24) is 10.3 Å². The fourth-order valence-electron chi connectivity index (χ4n) is 1.48. The van der Waals surface area contributed by atoms with Crippen LogP contribution in [0.5, 0.6) is 0 Å². The van der Waals surface area contributed by atoms with Gasteiger partial charge in [-0.2, -0.15) is 0 Å². The molecule has 20 heavy (non-hydrogen) atoms. The van der Waals surface area contributed by atoms with Gasteiger partial charge in [-0.05, 0) is 20.8 Å². The van der Waals surface area contributed by atoms with Crippen molar-refractivity contribution in [2.45, 2.75) is 58.9 Å². The second-order valence-electron chi connectivity index (χ2n) is 6.79. The second-order valence-corrected chi connectivity index (χ2v) is 7.64. The summed E-state index contributed by atoms with van der Waals surface area (Å²) in [4.78, 5) is 8.97. The molecule has 1 aromatic heterocycles. The first-order valence-electron chi connectivity index (χ1n) is 6.61. The van der Waals surface area contributed by atoms with Gasteiger partial charge < -0.3 is 11.1 Å². The average molecular weight is 410 g/mol. The van der Waals surface area contributed by atoms with Crippen molar-refractivity contribution in [3.05, 3.63) is 16.1 Å². The van der Waals surface area contributed by atoms with Gasteiger partial charge >= 0.3 is 0 Å². The first kappa shape index (κ1) is 19.6. The van der Waals surface area contributed by atoms with Gasteiger partial charge in [0.05, 0.1) is 10.7 Å². The number of guanidine groups is 1. The van der Waals surface area contributed by atoms with E-state index in [1.165, 1.54) is 5.01 Å². The van der Waals surface area contributed by atoms with Crippen LogP contribution in [0.4, 0.5) is 0 Å². The molecule has 0 spiro atoms. The lowest BCUT2D eigenvalue weighted by atomic mass is 9.98. The van der Waals surface area contributed by atoms with Crippen molar-refractivity contribution in [3.63, 3.8) is 0 Å². The molecule has 116 valence electrons. The van der Waals surface area contributed by atoms with Crippen LogP contribution >= 0.6 is 35.3 Å². The Morgan fingerprint density at radius 1 is 1.30 bits per heavy atom. The molecule has 0 aliphatic heterocycles. The normalized spacial score (nSPS) is 13.0. The Balaban J connectivity index is 0.00000361. The van der Waals surface area contributed by atoms with Gasteiger partial charge in [-0.1, -0.05) is 20.8 Å². The van der Waals surface area contributed by atoms with Crippen LogP contribution in [0.25, 0.3) is 0 Å². The molecule has 1 aromatic rings. The van der Waals surface area contributed by atoms with Gasteiger partial charge in [-0.25, -0.2) is 4.98 Å². The number of aromatic nitrogens is 1. The van der Waals surface area contributed by atoms with Crippen LogP contribution < -0.4 is 11.1 Å². The maximum Gasteiger partial charge on any atom is 0.188 e. The van der Waals surface area contributed by atoms with Gasteiger partial charge in [0.2, 0.25) is 0 Å². The molecule has 0 aliphatic rings. The molecule has 1 heterocycles. The highest BCUT2D eigenvalue weighted by Crippen LogP contribution is 2.25. The van der Waals surface area contributed by atoms with E-state index in [9.17, 15) is 0 Å². The minimum atomic E-state index is -0.0480. The third-order valence-electron chi connectivity index (χ3n) is 2.35. The summed E-state index contributed by atoms with van der Waals surface area (Å²) in [5.74, 6) is 0.499. The highest BCUT2D eigenvalue weighted by molar-refractivity contribution is 14.0. The molecule has 4 nitrogen and oxygen atoms in total. The van der Waals surface area contributed by atoms with Crippen molar-refractivity contribution < 1.29 is 0 Å². The Bertz CT molecular complexity index is 441. The lowest BCUT2D eigenvalue weighted by Gasteiger charge is -2.20. The zero-order valence-corrected chi connectivity index (χ0v) is 16.4. The number of thiazole rings is 1. The number of nitrogens with two attached hydrogens (primary N) is 1. The smallest absolute Gasteiger partial charge is 0.188 e. The van der Waals surface area contributed by atoms with Crippen molar-refractivity contribution in [2.75, 3.05) is 6.54 Å². The van der Waals surface area contributed by atoms with Crippen LogP contribution in [0.2, 0.25) is 0 Å². The van der Waals surface area contributed by atoms with Crippen LogP contribution in [0.1, 0.15) is 52.2 Å². The number of rotatable bonds is 3.